The van der Waals surface area contributed by atoms with Gasteiger partial charge in [0, 0.05) is 18.0 Å². The predicted molar refractivity (Wildman–Crippen MR) is 136 cm³/mol. The second-order valence-electron chi connectivity index (χ2n) is 9.93. The van der Waals surface area contributed by atoms with Crippen LogP contribution in [-0.2, 0) is 23.4 Å². The van der Waals surface area contributed by atoms with Crippen molar-refractivity contribution in [3.05, 3.63) is 95.1 Å². The number of aromatic nitrogens is 2. The molecule has 8 heteroatoms. The summed E-state index contributed by atoms with van der Waals surface area (Å²) in [5, 5.41) is 11.9. The smallest absolute Gasteiger partial charge is 0.260 e. The number of nitrogens with one attached hydrogen (secondary N) is 2. The van der Waals surface area contributed by atoms with Crippen molar-refractivity contribution < 1.29 is 9.59 Å². The van der Waals surface area contributed by atoms with Crippen LogP contribution in [0.25, 0.3) is 0 Å². The first-order chi connectivity index (χ1) is 17.3. The summed E-state index contributed by atoms with van der Waals surface area (Å²) in [6, 6.07) is 16.5. The van der Waals surface area contributed by atoms with E-state index in [0.717, 1.165) is 22.5 Å². The monoisotopic (exact) mass is 482 g/mol. The number of rotatable bonds is 6. The molecule has 0 bridgehead atoms. The molecule has 8 nitrogen and oxygen atoms in total. The molecule has 0 saturated carbocycles. The highest BCUT2D eigenvalue weighted by atomic mass is 16.2. The first-order valence-corrected chi connectivity index (χ1v) is 12.2. The Morgan fingerprint density at radius 1 is 1.03 bits per heavy atom. The maximum absolute atomic E-state index is 14.0. The number of guanidine groups is 1. The van der Waals surface area contributed by atoms with Crippen molar-refractivity contribution in [3.63, 3.8) is 0 Å². The van der Waals surface area contributed by atoms with Crippen LogP contribution in [0.15, 0.2) is 67.0 Å². The lowest BCUT2D eigenvalue weighted by Gasteiger charge is -2.30. The molecule has 1 fully saturated rings. The van der Waals surface area contributed by atoms with E-state index in [2.05, 4.69) is 29.1 Å². The Bertz CT molecular complexity index is 1300. The zero-order valence-corrected chi connectivity index (χ0v) is 20.7. The molecule has 2 N–H and O–H groups in total. The Hall–Kier alpha value is -4.07. The average molecular weight is 483 g/mol. The van der Waals surface area contributed by atoms with Gasteiger partial charge >= 0.3 is 0 Å². The zero-order valence-electron chi connectivity index (χ0n) is 20.7. The van der Waals surface area contributed by atoms with Gasteiger partial charge in [-0.15, -0.1) is 0 Å². The molecule has 184 valence electrons. The normalized spacial score (nSPS) is 20.0. The molecule has 3 heterocycles. The fraction of sp³-hybridized carbons (Fsp3) is 0.321. The second kappa shape index (κ2) is 9.18. The maximum atomic E-state index is 14.0. The summed E-state index contributed by atoms with van der Waals surface area (Å²) < 4.78 is 0. The Kier molecular flexibility index (Phi) is 6.04. The fourth-order valence-electron chi connectivity index (χ4n) is 5.26. The Morgan fingerprint density at radius 2 is 1.69 bits per heavy atom. The van der Waals surface area contributed by atoms with Crippen LogP contribution in [-0.4, -0.2) is 37.5 Å². The van der Waals surface area contributed by atoms with E-state index in [1.807, 2.05) is 55.5 Å². The lowest BCUT2D eigenvalue weighted by molar-refractivity contribution is -0.133. The summed E-state index contributed by atoms with van der Waals surface area (Å²) in [5.74, 6) is 0.0483. The van der Waals surface area contributed by atoms with E-state index in [9.17, 15) is 9.59 Å². The van der Waals surface area contributed by atoms with Crippen LogP contribution in [0, 0.1) is 11.3 Å². The largest absolute Gasteiger partial charge is 0.338 e. The summed E-state index contributed by atoms with van der Waals surface area (Å²) >= 11 is 0. The van der Waals surface area contributed by atoms with Crippen molar-refractivity contribution in [1.29, 1.82) is 5.41 Å². The van der Waals surface area contributed by atoms with Crippen LogP contribution in [0.1, 0.15) is 66.1 Å². The second-order valence-corrected chi connectivity index (χ2v) is 9.93. The average Bonchev–Trinajstić information content (AvgIpc) is 3.42. The minimum Gasteiger partial charge on any atom is -0.338 e. The van der Waals surface area contributed by atoms with Crippen molar-refractivity contribution in [3.8, 4) is 0 Å². The van der Waals surface area contributed by atoms with E-state index >= 15 is 0 Å². The van der Waals surface area contributed by atoms with Gasteiger partial charge in [-0.05, 0) is 42.5 Å². The van der Waals surface area contributed by atoms with E-state index in [1.165, 1.54) is 4.90 Å². The van der Waals surface area contributed by atoms with Crippen molar-refractivity contribution in [2.24, 2.45) is 5.92 Å². The molecule has 0 radical (unpaired) electrons. The van der Waals surface area contributed by atoms with Gasteiger partial charge in [0.25, 0.3) is 11.8 Å². The Labute approximate surface area is 210 Å². The molecule has 2 aliphatic rings. The van der Waals surface area contributed by atoms with Gasteiger partial charge in [0.1, 0.15) is 5.54 Å². The van der Waals surface area contributed by atoms with Gasteiger partial charge in [-0.3, -0.25) is 29.9 Å². The highest BCUT2D eigenvalue weighted by Gasteiger charge is 2.52. The molecule has 1 aromatic heterocycles. The molecule has 1 saturated heterocycles. The summed E-state index contributed by atoms with van der Waals surface area (Å²) in [7, 11) is 0. The van der Waals surface area contributed by atoms with Crippen LogP contribution in [0.5, 0.6) is 0 Å². The molecule has 2 aliphatic heterocycles. The SMILES string of the molecule is CC(C)CC1(c2ccccc2)NC(=N)N([C@H](C)c2cccc(C(=O)N3Cc4nccnc4C3)c2)C1=O. The van der Waals surface area contributed by atoms with Gasteiger partial charge in [0.2, 0.25) is 0 Å². The number of carbonyl (C=O) groups is 2. The van der Waals surface area contributed by atoms with Crippen molar-refractivity contribution in [1.82, 2.24) is 25.1 Å². The van der Waals surface area contributed by atoms with Gasteiger partial charge < -0.3 is 10.2 Å². The lowest BCUT2D eigenvalue weighted by atomic mass is 9.82. The highest BCUT2D eigenvalue weighted by Crippen LogP contribution is 2.38. The van der Waals surface area contributed by atoms with Crippen LogP contribution < -0.4 is 5.32 Å². The number of amides is 2. The molecular weight excluding hydrogens is 452 g/mol. The van der Waals surface area contributed by atoms with Crippen LogP contribution in [0.3, 0.4) is 0 Å². The van der Waals surface area contributed by atoms with Gasteiger partial charge in [0.15, 0.2) is 5.96 Å². The van der Waals surface area contributed by atoms with Crippen LogP contribution in [0.2, 0.25) is 0 Å². The van der Waals surface area contributed by atoms with Crippen LogP contribution in [0.4, 0.5) is 0 Å². The molecule has 3 aromatic rings. The third-order valence-corrected chi connectivity index (χ3v) is 6.97. The Balaban J connectivity index is 1.41. The molecule has 2 aromatic carbocycles. The van der Waals surface area contributed by atoms with Gasteiger partial charge in [-0.1, -0.05) is 56.3 Å². The lowest BCUT2D eigenvalue weighted by Crippen LogP contribution is -2.45. The topological polar surface area (TPSA) is 102 Å². The number of hydrogen-bond acceptors (Lipinski definition) is 5. The van der Waals surface area contributed by atoms with Gasteiger partial charge in [-0.25, -0.2) is 0 Å². The molecule has 2 amide bonds. The molecular formula is C28H30N6O2. The van der Waals surface area contributed by atoms with E-state index in [1.54, 1.807) is 23.4 Å². The number of benzene rings is 2. The first-order valence-electron chi connectivity index (χ1n) is 12.2. The number of fused-ring (bicyclic) bond motifs is 1. The molecule has 36 heavy (non-hydrogen) atoms. The third kappa shape index (κ3) is 4.02. The quantitative estimate of drug-likeness (QED) is 0.553. The molecule has 0 spiro atoms. The predicted octanol–water partition coefficient (Wildman–Crippen LogP) is 4.00. The van der Waals surface area contributed by atoms with Crippen LogP contribution >= 0.6 is 0 Å². The highest BCUT2D eigenvalue weighted by molar-refractivity contribution is 6.08. The minimum atomic E-state index is -0.991. The van der Waals surface area contributed by atoms with E-state index in [-0.39, 0.29) is 23.7 Å². The zero-order chi connectivity index (χ0) is 25.4. The summed E-state index contributed by atoms with van der Waals surface area (Å²) in [5.41, 5.74) is 2.83. The molecule has 0 aliphatic carbocycles. The maximum Gasteiger partial charge on any atom is 0.260 e. The Morgan fingerprint density at radius 3 is 2.33 bits per heavy atom. The fourth-order valence-corrected chi connectivity index (χ4v) is 5.26. The van der Waals surface area contributed by atoms with Crippen molar-refractivity contribution >= 4 is 17.8 Å². The first kappa shape index (κ1) is 23.7. The minimum absolute atomic E-state index is 0.0703. The van der Waals surface area contributed by atoms with Gasteiger partial charge in [0.05, 0.1) is 30.5 Å². The third-order valence-electron chi connectivity index (χ3n) is 6.97. The van der Waals surface area contributed by atoms with Crippen molar-refractivity contribution in [2.75, 3.05) is 0 Å². The van der Waals surface area contributed by atoms with E-state index in [0.29, 0.717) is 25.1 Å². The molecule has 1 unspecified atom stereocenters. The van der Waals surface area contributed by atoms with E-state index < -0.39 is 11.6 Å². The summed E-state index contributed by atoms with van der Waals surface area (Å²) in [6.07, 6.45) is 3.84. The summed E-state index contributed by atoms with van der Waals surface area (Å²) in [4.78, 5) is 39.2. The number of carbonyl (C=O) groups excluding carboxylic acids is 2. The summed E-state index contributed by atoms with van der Waals surface area (Å²) in [6.45, 7) is 6.90. The number of hydrogen-bond donors (Lipinski definition) is 2. The molecule has 2 atom stereocenters. The molecule has 5 rings (SSSR count). The standard InChI is InChI=1S/C28H30N6O2/c1-18(2)15-28(22-10-5-4-6-11-22)26(36)34(27(29)32-28)19(3)20-8-7-9-21(14-20)25(35)33-16-23-24(17-33)31-13-12-30-23/h4-14,18-19H,15-17H2,1-3H3,(H2,29,32)/t19-,28?/m1/s1. The van der Waals surface area contributed by atoms with E-state index in [4.69, 9.17) is 5.41 Å². The van der Waals surface area contributed by atoms with Gasteiger partial charge in [-0.2, -0.15) is 0 Å². The number of nitrogens with zero attached hydrogens (tertiary/aromatic N) is 4. The van der Waals surface area contributed by atoms with Crippen molar-refractivity contribution in [2.45, 2.75) is 51.9 Å².